The molecule has 0 saturated carbocycles. The number of imidazole rings is 1. The molecule has 0 unspecified atom stereocenters. The van der Waals surface area contributed by atoms with Gasteiger partial charge < -0.3 is 30.4 Å². The first kappa shape index (κ1) is 30.8. The average Bonchev–Trinajstić information content (AvgIpc) is 3.21. The molecule has 5 N–H and O–H groups in total. The minimum atomic E-state index is -0.577. The SMILES string of the molecule is CCOCc1nc2c(N)nc3cc(OCCCCCCNSC)ccc3c2n1CC(C)(C)NC(=O)NC(C)C. The number of amides is 2. The maximum absolute atomic E-state index is 12.5. The van der Waals surface area contributed by atoms with Crippen molar-refractivity contribution in [3.8, 4) is 5.75 Å². The van der Waals surface area contributed by atoms with Crippen LogP contribution in [0.5, 0.6) is 5.75 Å². The molecule has 1 aromatic carbocycles. The van der Waals surface area contributed by atoms with Crippen molar-refractivity contribution in [2.45, 2.75) is 85.0 Å². The molecule has 39 heavy (non-hydrogen) atoms. The Kier molecular flexibility index (Phi) is 11.5. The van der Waals surface area contributed by atoms with Crippen molar-refractivity contribution in [2.75, 3.05) is 31.7 Å². The number of nitrogens with zero attached hydrogens (tertiary/aromatic N) is 3. The molecule has 216 valence electrons. The summed E-state index contributed by atoms with van der Waals surface area (Å²) in [5.74, 6) is 1.86. The predicted molar refractivity (Wildman–Crippen MR) is 161 cm³/mol. The number of carbonyl (C=O) groups is 1. The summed E-state index contributed by atoms with van der Waals surface area (Å²) in [7, 11) is 0. The van der Waals surface area contributed by atoms with E-state index in [-0.39, 0.29) is 12.1 Å². The molecule has 11 heteroatoms. The van der Waals surface area contributed by atoms with E-state index in [1.165, 1.54) is 12.8 Å². The Morgan fingerprint density at radius 3 is 2.67 bits per heavy atom. The second kappa shape index (κ2) is 14.6. The van der Waals surface area contributed by atoms with Crippen LogP contribution >= 0.6 is 11.9 Å². The zero-order valence-electron chi connectivity index (χ0n) is 24.2. The molecule has 3 aromatic rings. The summed E-state index contributed by atoms with van der Waals surface area (Å²) in [6.45, 7) is 12.8. The van der Waals surface area contributed by atoms with Gasteiger partial charge in [0.05, 0.1) is 23.2 Å². The molecular formula is C28H45N7O3S. The van der Waals surface area contributed by atoms with Gasteiger partial charge in [-0.3, -0.25) is 4.72 Å². The Bertz CT molecular complexity index is 1230. The molecule has 2 aromatic heterocycles. The second-order valence-electron chi connectivity index (χ2n) is 10.6. The Morgan fingerprint density at radius 2 is 1.95 bits per heavy atom. The summed E-state index contributed by atoms with van der Waals surface area (Å²) >= 11 is 1.66. The lowest BCUT2D eigenvalue weighted by Crippen LogP contribution is -2.52. The first-order valence-electron chi connectivity index (χ1n) is 13.8. The maximum Gasteiger partial charge on any atom is 0.315 e. The van der Waals surface area contributed by atoms with Gasteiger partial charge in [-0.1, -0.05) is 24.8 Å². The van der Waals surface area contributed by atoms with E-state index in [0.29, 0.717) is 37.7 Å². The fraction of sp³-hybridized carbons (Fsp3) is 0.607. The highest BCUT2D eigenvalue weighted by Crippen LogP contribution is 2.32. The van der Waals surface area contributed by atoms with E-state index in [4.69, 9.17) is 20.2 Å². The van der Waals surface area contributed by atoms with Crippen LogP contribution in [0.2, 0.25) is 0 Å². The molecule has 0 aliphatic rings. The third kappa shape index (κ3) is 8.87. The smallest absolute Gasteiger partial charge is 0.315 e. The summed E-state index contributed by atoms with van der Waals surface area (Å²) in [4.78, 5) is 22.0. The van der Waals surface area contributed by atoms with Gasteiger partial charge in [-0.05, 0) is 65.8 Å². The number of hydrogen-bond donors (Lipinski definition) is 4. The first-order valence-corrected chi connectivity index (χ1v) is 15.0. The largest absolute Gasteiger partial charge is 0.494 e. The Labute approximate surface area is 236 Å². The number of rotatable bonds is 16. The number of aromatic nitrogens is 3. The quantitative estimate of drug-likeness (QED) is 0.143. The van der Waals surface area contributed by atoms with Crippen LogP contribution in [0.25, 0.3) is 21.9 Å². The molecular weight excluding hydrogens is 514 g/mol. The van der Waals surface area contributed by atoms with Gasteiger partial charge in [0, 0.05) is 37.2 Å². The molecule has 0 aliphatic carbocycles. The number of pyridine rings is 1. The highest BCUT2D eigenvalue weighted by Gasteiger charge is 2.26. The molecule has 10 nitrogen and oxygen atoms in total. The zero-order chi connectivity index (χ0) is 28.4. The molecule has 0 bridgehead atoms. The maximum atomic E-state index is 12.5. The monoisotopic (exact) mass is 559 g/mol. The van der Waals surface area contributed by atoms with Crippen LogP contribution in [-0.4, -0.2) is 58.2 Å². The summed E-state index contributed by atoms with van der Waals surface area (Å²) in [6, 6.07) is 5.75. The van der Waals surface area contributed by atoms with E-state index < -0.39 is 5.54 Å². The summed E-state index contributed by atoms with van der Waals surface area (Å²) in [5.41, 5.74) is 8.08. The third-order valence-electron chi connectivity index (χ3n) is 6.20. The molecule has 3 rings (SSSR count). The Balaban J connectivity index is 1.86. The van der Waals surface area contributed by atoms with Gasteiger partial charge in [-0.2, -0.15) is 0 Å². The van der Waals surface area contributed by atoms with Crippen LogP contribution in [0.15, 0.2) is 18.2 Å². The van der Waals surface area contributed by atoms with E-state index in [9.17, 15) is 4.79 Å². The highest BCUT2D eigenvalue weighted by molar-refractivity contribution is 7.96. The Morgan fingerprint density at radius 1 is 1.18 bits per heavy atom. The minimum Gasteiger partial charge on any atom is -0.494 e. The first-order chi connectivity index (χ1) is 18.6. The normalized spacial score (nSPS) is 12.0. The van der Waals surface area contributed by atoms with E-state index >= 15 is 0 Å². The van der Waals surface area contributed by atoms with Crippen LogP contribution in [0.4, 0.5) is 10.6 Å². The van der Waals surface area contributed by atoms with Crippen molar-refractivity contribution in [3.63, 3.8) is 0 Å². The Hall–Kier alpha value is -2.76. The highest BCUT2D eigenvalue weighted by atomic mass is 32.2. The van der Waals surface area contributed by atoms with E-state index in [2.05, 4.69) is 24.9 Å². The van der Waals surface area contributed by atoms with E-state index in [1.807, 2.05) is 59.1 Å². The van der Waals surface area contributed by atoms with E-state index in [0.717, 1.165) is 47.4 Å². The number of urea groups is 1. The van der Waals surface area contributed by atoms with Crippen molar-refractivity contribution in [1.82, 2.24) is 29.9 Å². The molecule has 0 fully saturated rings. The number of benzene rings is 1. The van der Waals surface area contributed by atoms with Crippen LogP contribution < -0.4 is 25.8 Å². The van der Waals surface area contributed by atoms with Gasteiger partial charge >= 0.3 is 6.03 Å². The number of anilines is 1. The van der Waals surface area contributed by atoms with E-state index in [1.54, 1.807) is 11.9 Å². The number of hydrogen-bond acceptors (Lipinski definition) is 8. The molecule has 2 amide bonds. The number of fused-ring (bicyclic) bond motifs is 3. The average molecular weight is 560 g/mol. The molecule has 0 aliphatic heterocycles. The predicted octanol–water partition coefficient (Wildman–Crippen LogP) is 5.00. The van der Waals surface area contributed by atoms with Gasteiger partial charge in [0.2, 0.25) is 0 Å². The van der Waals surface area contributed by atoms with Gasteiger partial charge in [-0.25, -0.2) is 14.8 Å². The zero-order valence-corrected chi connectivity index (χ0v) is 25.0. The van der Waals surface area contributed by atoms with Gasteiger partial charge in [0.15, 0.2) is 5.82 Å². The second-order valence-corrected chi connectivity index (χ2v) is 11.3. The van der Waals surface area contributed by atoms with Gasteiger partial charge in [0.1, 0.15) is 23.7 Å². The fourth-order valence-corrected chi connectivity index (χ4v) is 4.84. The molecule has 0 radical (unpaired) electrons. The molecule has 2 heterocycles. The van der Waals surface area contributed by atoms with Crippen LogP contribution in [0.1, 0.15) is 66.1 Å². The standard InChI is InChI=1S/C28H45N7O3S/c1-7-37-17-23-33-24-25(35(23)18-28(4,5)34-27(36)31-19(2)3)21-13-12-20(16-22(21)32-26(24)29)38-15-11-9-8-10-14-30-39-6/h12-13,16,19,30H,7-11,14-15,17-18H2,1-6H3,(H2,29,32)(H2,31,34,36). The van der Waals surface area contributed by atoms with Crippen LogP contribution in [0.3, 0.4) is 0 Å². The number of nitrogens with one attached hydrogen (secondary N) is 3. The lowest BCUT2D eigenvalue weighted by Gasteiger charge is -2.28. The molecule has 0 saturated heterocycles. The summed E-state index contributed by atoms with van der Waals surface area (Å²) in [6.07, 6.45) is 6.54. The molecule has 0 spiro atoms. The summed E-state index contributed by atoms with van der Waals surface area (Å²) < 4.78 is 17.1. The van der Waals surface area contributed by atoms with Crippen molar-refractivity contribution >= 4 is 45.7 Å². The van der Waals surface area contributed by atoms with Crippen LogP contribution in [-0.2, 0) is 17.9 Å². The minimum absolute atomic E-state index is 0.0388. The number of ether oxygens (including phenoxy) is 2. The van der Waals surface area contributed by atoms with Crippen LogP contribution in [0, 0.1) is 0 Å². The third-order valence-corrected chi connectivity index (χ3v) is 6.69. The number of unbranched alkanes of at least 4 members (excludes halogenated alkanes) is 3. The lowest BCUT2D eigenvalue weighted by molar-refractivity contribution is 0.124. The number of carbonyl (C=O) groups excluding carboxylic acids is 1. The summed E-state index contributed by atoms with van der Waals surface area (Å²) in [5, 5.41) is 6.90. The van der Waals surface area contributed by atoms with Gasteiger partial charge in [0.25, 0.3) is 0 Å². The molecule has 0 atom stereocenters. The number of nitrogens with two attached hydrogens (primary N) is 1. The van der Waals surface area contributed by atoms with Gasteiger partial charge in [-0.15, -0.1) is 0 Å². The topological polar surface area (TPSA) is 128 Å². The van der Waals surface area contributed by atoms with Crippen molar-refractivity contribution in [2.24, 2.45) is 0 Å². The van der Waals surface area contributed by atoms with Crippen molar-refractivity contribution < 1.29 is 14.3 Å². The fourth-order valence-electron chi connectivity index (χ4n) is 4.49. The lowest BCUT2D eigenvalue weighted by atomic mass is 10.1. The van der Waals surface area contributed by atoms with Crippen molar-refractivity contribution in [3.05, 3.63) is 24.0 Å². The van der Waals surface area contributed by atoms with Crippen molar-refractivity contribution in [1.29, 1.82) is 0 Å². The number of nitrogen functional groups attached to an aromatic ring is 1.